The maximum Gasteiger partial charge on any atom is 0.413 e. The Hall–Kier alpha value is -2.38. The molecule has 104 valence electrons. The van der Waals surface area contributed by atoms with Gasteiger partial charge in [-0.25, -0.2) is 9.59 Å². The zero-order chi connectivity index (χ0) is 14.4. The summed E-state index contributed by atoms with van der Waals surface area (Å²) >= 11 is 0. The van der Waals surface area contributed by atoms with Gasteiger partial charge in [0, 0.05) is 12.7 Å². The predicted molar refractivity (Wildman–Crippen MR) is 66.1 cm³/mol. The largest absolute Gasteiger partial charge is 0.453 e. The van der Waals surface area contributed by atoms with E-state index in [1.165, 1.54) is 4.57 Å². The molecule has 0 saturated heterocycles. The third-order valence-electron chi connectivity index (χ3n) is 2.41. The van der Waals surface area contributed by atoms with Gasteiger partial charge in [0.15, 0.2) is 0 Å². The molecule has 0 fully saturated rings. The molecule has 0 aromatic carbocycles. The van der Waals surface area contributed by atoms with Crippen LogP contribution in [0, 0.1) is 0 Å². The van der Waals surface area contributed by atoms with Crippen molar-refractivity contribution in [3.8, 4) is 0 Å². The first-order chi connectivity index (χ1) is 8.99. The Kier molecular flexibility index (Phi) is 5.04. The molecule has 0 radical (unpaired) electrons. The highest BCUT2D eigenvalue weighted by atomic mass is 16.5. The van der Waals surface area contributed by atoms with Crippen LogP contribution in [0.5, 0.6) is 0 Å². The minimum Gasteiger partial charge on any atom is -0.453 e. The van der Waals surface area contributed by atoms with Crippen molar-refractivity contribution < 1.29 is 14.3 Å². The molecule has 8 nitrogen and oxygen atoms in total. The van der Waals surface area contributed by atoms with Crippen molar-refractivity contribution in [2.45, 2.75) is 26.3 Å². The standard InChI is InChI=1S/C11H15N3O5/c1-3-4-5-14-6-7(8(15)12-10(14)17)9(16)13-11(18)19-2/h6H,3-5H2,1-2H3,(H,12,15,17)(H,13,16,18). The van der Waals surface area contributed by atoms with Gasteiger partial charge in [-0.15, -0.1) is 0 Å². The first-order valence-corrected chi connectivity index (χ1v) is 5.72. The summed E-state index contributed by atoms with van der Waals surface area (Å²) in [7, 11) is 1.09. The van der Waals surface area contributed by atoms with Crippen LogP contribution in [0.25, 0.3) is 0 Å². The van der Waals surface area contributed by atoms with E-state index in [1.807, 2.05) is 17.2 Å². The van der Waals surface area contributed by atoms with E-state index in [0.29, 0.717) is 6.54 Å². The molecule has 2 amide bonds. The minimum absolute atomic E-state index is 0.318. The quantitative estimate of drug-likeness (QED) is 0.788. The Morgan fingerprint density at radius 2 is 2.11 bits per heavy atom. The topological polar surface area (TPSA) is 110 Å². The molecular weight excluding hydrogens is 254 g/mol. The van der Waals surface area contributed by atoms with E-state index in [2.05, 4.69) is 4.74 Å². The number of carbonyl (C=O) groups excluding carboxylic acids is 2. The molecule has 1 aromatic rings. The SMILES string of the molecule is CCCCn1cc(C(=O)NC(=O)OC)c(=O)[nH]c1=O. The van der Waals surface area contributed by atoms with Crippen molar-refractivity contribution >= 4 is 12.0 Å². The highest BCUT2D eigenvalue weighted by Gasteiger charge is 2.15. The highest BCUT2D eigenvalue weighted by Crippen LogP contribution is 1.93. The fourth-order valence-corrected chi connectivity index (χ4v) is 1.38. The molecule has 8 heteroatoms. The number of carbonyl (C=O) groups is 2. The molecule has 1 aromatic heterocycles. The Bertz CT molecular complexity index is 587. The molecule has 0 atom stereocenters. The van der Waals surface area contributed by atoms with Crippen LogP contribution in [0.15, 0.2) is 15.8 Å². The number of aryl methyl sites for hydroxylation is 1. The molecule has 0 spiro atoms. The molecule has 2 N–H and O–H groups in total. The number of unbranched alkanes of at least 4 members (excludes halogenated alkanes) is 1. The number of alkyl carbamates (subject to hydrolysis) is 1. The number of rotatable bonds is 4. The van der Waals surface area contributed by atoms with Crippen LogP contribution in [0.2, 0.25) is 0 Å². The van der Waals surface area contributed by atoms with Crippen molar-refractivity contribution in [3.63, 3.8) is 0 Å². The second-order valence-electron chi connectivity index (χ2n) is 3.79. The number of amides is 2. The first-order valence-electron chi connectivity index (χ1n) is 5.72. The van der Waals surface area contributed by atoms with Gasteiger partial charge in [-0.05, 0) is 6.42 Å². The molecule has 0 unspecified atom stereocenters. The number of H-pyrrole nitrogens is 1. The molecule has 0 aliphatic carbocycles. The molecule has 0 saturated carbocycles. The van der Waals surface area contributed by atoms with Crippen LogP contribution in [-0.2, 0) is 11.3 Å². The van der Waals surface area contributed by atoms with Crippen LogP contribution in [0.1, 0.15) is 30.1 Å². The van der Waals surface area contributed by atoms with Crippen molar-refractivity contribution in [2.24, 2.45) is 0 Å². The van der Waals surface area contributed by atoms with E-state index in [0.717, 1.165) is 26.1 Å². The van der Waals surface area contributed by atoms with Crippen molar-refractivity contribution in [2.75, 3.05) is 7.11 Å². The minimum atomic E-state index is -0.976. The number of hydrogen-bond acceptors (Lipinski definition) is 5. The van der Waals surface area contributed by atoms with Crippen molar-refractivity contribution in [1.82, 2.24) is 14.9 Å². The molecule has 0 aliphatic heterocycles. The summed E-state index contributed by atoms with van der Waals surface area (Å²) < 4.78 is 5.47. The normalized spacial score (nSPS) is 10.0. The monoisotopic (exact) mass is 269 g/mol. The molecule has 1 rings (SSSR count). The van der Waals surface area contributed by atoms with Gasteiger partial charge < -0.3 is 4.74 Å². The number of nitrogens with one attached hydrogen (secondary N) is 2. The van der Waals surface area contributed by atoms with E-state index in [1.54, 1.807) is 0 Å². The number of methoxy groups -OCH3 is 1. The van der Waals surface area contributed by atoms with Gasteiger partial charge in [-0.3, -0.25) is 24.5 Å². The van der Waals surface area contributed by atoms with E-state index >= 15 is 0 Å². The Balaban J connectivity index is 3.07. The Morgan fingerprint density at radius 1 is 1.42 bits per heavy atom. The summed E-state index contributed by atoms with van der Waals surface area (Å²) in [5.74, 6) is -0.918. The van der Waals surface area contributed by atoms with Crippen LogP contribution in [-0.4, -0.2) is 28.7 Å². The van der Waals surface area contributed by atoms with E-state index in [4.69, 9.17) is 0 Å². The van der Waals surface area contributed by atoms with Gasteiger partial charge >= 0.3 is 11.8 Å². The lowest BCUT2D eigenvalue weighted by molar-refractivity contribution is 0.0934. The number of ether oxygens (including phenoxy) is 1. The lowest BCUT2D eigenvalue weighted by Crippen LogP contribution is -2.39. The second-order valence-corrected chi connectivity index (χ2v) is 3.79. The smallest absolute Gasteiger partial charge is 0.413 e. The molecule has 0 aliphatic rings. The van der Waals surface area contributed by atoms with Crippen LogP contribution in [0.4, 0.5) is 4.79 Å². The number of imide groups is 1. The lowest BCUT2D eigenvalue weighted by Gasteiger charge is -2.06. The summed E-state index contributed by atoms with van der Waals surface area (Å²) in [6.07, 6.45) is 1.74. The summed E-state index contributed by atoms with van der Waals surface area (Å²) in [5, 5.41) is 1.85. The van der Waals surface area contributed by atoms with Gasteiger partial charge in [-0.2, -0.15) is 0 Å². The summed E-state index contributed by atoms with van der Waals surface area (Å²) in [5.41, 5.74) is -1.76. The van der Waals surface area contributed by atoms with Crippen LogP contribution in [0.3, 0.4) is 0 Å². The Labute approximate surface area is 108 Å². The first kappa shape index (κ1) is 14.7. The zero-order valence-corrected chi connectivity index (χ0v) is 10.7. The van der Waals surface area contributed by atoms with Crippen molar-refractivity contribution in [3.05, 3.63) is 32.6 Å². The lowest BCUT2D eigenvalue weighted by atomic mass is 10.3. The fourth-order valence-electron chi connectivity index (χ4n) is 1.38. The maximum absolute atomic E-state index is 11.6. The zero-order valence-electron chi connectivity index (χ0n) is 10.7. The van der Waals surface area contributed by atoms with Crippen LogP contribution >= 0.6 is 0 Å². The van der Waals surface area contributed by atoms with Crippen LogP contribution < -0.4 is 16.6 Å². The van der Waals surface area contributed by atoms with E-state index in [-0.39, 0.29) is 5.56 Å². The van der Waals surface area contributed by atoms with Crippen molar-refractivity contribution in [1.29, 1.82) is 0 Å². The van der Waals surface area contributed by atoms with Gasteiger partial charge in [-0.1, -0.05) is 13.3 Å². The average Bonchev–Trinajstić information content (AvgIpc) is 2.37. The number of nitrogens with zero attached hydrogens (tertiary/aromatic N) is 1. The van der Waals surface area contributed by atoms with Gasteiger partial charge in [0.05, 0.1) is 7.11 Å². The van der Waals surface area contributed by atoms with E-state index < -0.39 is 23.2 Å². The predicted octanol–water partition coefficient (Wildman–Crippen LogP) is -0.167. The molecular formula is C11H15N3O5. The average molecular weight is 269 g/mol. The third-order valence-corrected chi connectivity index (χ3v) is 2.41. The molecule has 1 heterocycles. The Morgan fingerprint density at radius 3 is 2.68 bits per heavy atom. The van der Waals surface area contributed by atoms with Gasteiger partial charge in [0.1, 0.15) is 5.56 Å². The summed E-state index contributed by atoms with van der Waals surface area (Å²) in [4.78, 5) is 47.5. The summed E-state index contributed by atoms with van der Waals surface area (Å²) in [6.45, 7) is 2.33. The fraction of sp³-hybridized carbons (Fsp3) is 0.455. The third kappa shape index (κ3) is 3.80. The molecule has 19 heavy (non-hydrogen) atoms. The number of hydrogen-bond donors (Lipinski definition) is 2. The maximum atomic E-state index is 11.6. The van der Waals surface area contributed by atoms with Gasteiger partial charge in [0.2, 0.25) is 0 Å². The number of aromatic amines is 1. The second kappa shape index (κ2) is 6.53. The van der Waals surface area contributed by atoms with E-state index in [9.17, 15) is 19.2 Å². The number of aromatic nitrogens is 2. The highest BCUT2D eigenvalue weighted by molar-refractivity contribution is 6.02. The summed E-state index contributed by atoms with van der Waals surface area (Å²) in [6, 6.07) is 0. The van der Waals surface area contributed by atoms with Gasteiger partial charge in [0.25, 0.3) is 11.5 Å². The molecule has 0 bridgehead atoms.